The zero-order chi connectivity index (χ0) is 17.3. The van der Waals surface area contributed by atoms with E-state index in [0.29, 0.717) is 0 Å². The number of hydrogen-bond acceptors (Lipinski definition) is 5. The molecule has 0 saturated carbocycles. The minimum atomic E-state index is -4.69. The molecule has 0 radical (unpaired) electrons. The predicted molar refractivity (Wildman–Crippen MR) is 75.2 cm³/mol. The number of aromatic nitrogens is 5. The minimum Gasteiger partial charge on any atom is -0.292 e. The van der Waals surface area contributed by atoms with Gasteiger partial charge in [-0.05, 0) is 31.2 Å². The number of fused-ring (bicyclic) bond motifs is 1. The second-order valence-corrected chi connectivity index (χ2v) is 5.37. The molecule has 2 N–H and O–H groups in total. The molecule has 0 aromatic carbocycles. The molecule has 0 aliphatic heterocycles. The molecule has 0 atom stereocenters. The van der Waals surface area contributed by atoms with Crippen molar-refractivity contribution >= 4 is 11.9 Å². The van der Waals surface area contributed by atoms with Gasteiger partial charge < -0.3 is 0 Å². The summed E-state index contributed by atoms with van der Waals surface area (Å²) in [5.41, 5.74) is 1.22. The van der Waals surface area contributed by atoms with E-state index >= 15 is 0 Å². The minimum absolute atomic E-state index is 0.429. The lowest BCUT2D eigenvalue weighted by Crippen LogP contribution is -2.31. The summed E-state index contributed by atoms with van der Waals surface area (Å²) in [4.78, 5) is 26.9. The van der Waals surface area contributed by atoms with Gasteiger partial charge in [0.1, 0.15) is 6.54 Å². The first-order valence-electron chi connectivity index (χ1n) is 7.22. The van der Waals surface area contributed by atoms with Gasteiger partial charge in [-0.1, -0.05) is 0 Å². The fraction of sp³-hybridized carbons (Fsp3) is 0.462. The molecule has 1 aliphatic rings. The van der Waals surface area contributed by atoms with E-state index in [1.807, 2.05) is 0 Å². The Morgan fingerprint density at radius 3 is 2.79 bits per heavy atom. The van der Waals surface area contributed by atoms with Crippen molar-refractivity contribution in [2.75, 3.05) is 5.32 Å². The van der Waals surface area contributed by atoms with Crippen LogP contribution in [0.4, 0.5) is 19.1 Å². The zero-order valence-electron chi connectivity index (χ0n) is 12.4. The van der Waals surface area contributed by atoms with E-state index in [9.17, 15) is 22.8 Å². The Kier molecular flexibility index (Phi) is 4.08. The summed E-state index contributed by atoms with van der Waals surface area (Å²) in [6, 6.07) is 1.45. The number of hydrogen-bond donors (Lipinski definition) is 2. The molecule has 0 unspecified atom stereocenters. The fourth-order valence-electron chi connectivity index (χ4n) is 2.46. The van der Waals surface area contributed by atoms with Gasteiger partial charge in [0, 0.05) is 6.07 Å². The second kappa shape index (κ2) is 6.06. The molecule has 11 heteroatoms. The third kappa shape index (κ3) is 3.44. The lowest BCUT2D eigenvalue weighted by atomic mass is 9.97. The SMILES string of the molecule is O=C(Cn1nc2c(cc1=O)CCCC2)Nc1n[nH]c(C(F)(F)F)n1. The first kappa shape index (κ1) is 16.1. The number of aryl methyl sites for hydroxylation is 2. The first-order valence-corrected chi connectivity index (χ1v) is 7.22. The number of carbonyl (C=O) groups is 1. The van der Waals surface area contributed by atoms with Gasteiger partial charge in [-0.3, -0.25) is 20.0 Å². The summed E-state index contributed by atoms with van der Waals surface area (Å²) in [6.45, 7) is -0.429. The second-order valence-electron chi connectivity index (χ2n) is 5.37. The quantitative estimate of drug-likeness (QED) is 0.862. The van der Waals surface area contributed by atoms with Crippen LogP contribution in [0.3, 0.4) is 0 Å². The first-order chi connectivity index (χ1) is 11.3. The van der Waals surface area contributed by atoms with Crippen LogP contribution in [0, 0.1) is 0 Å². The predicted octanol–water partition coefficient (Wildman–Crippen LogP) is 0.898. The summed E-state index contributed by atoms with van der Waals surface area (Å²) in [5, 5.41) is 11.2. The van der Waals surface area contributed by atoms with Crippen molar-refractivity contribution in [3.8, 4) is 0 Å². The van der Waals surface area contributed by atoms with E-state index in [-0.39, 0.29) is 0 Å². The fourth-order valence-corrected chi connectivity index (χ4v) is 2.46. The van der Waals surface area contributed by atoms with Crippen molar-refractivity contribution in [2.24, 2.45) is 0 Å². The molecule has 2 aromatic heterocycles. The van der Waals surface area contributed by atoms with Crippen LogP contribution in [-0.4, -0.2) is 30.9 Å². The van der Waals surface area contributed by atoms with E-state index in [2.05, 4.69) is 20.5 Å². The maximum absolute atomic E-state index is 12.4. The summed E-state index contributed by atoms with van der Waals surface area (Å²) in [7, 11) is 0. The highest BCUT2D eigenvalue weighted by Crippen LogP contribution is 2.26. The van der Waals surface area contributed by atoms with E-state index in [0.717, 1.165) is 41.6 Å². The normalized spacial score (nSPS) is 14.3. The Morgan fingerprint density at radius 2 is 2.08 bits per heavy atom. The average Bonchev–Trinajstić information content (AvgIpc) is 2.96. The maximum atomic E-state index is 12.4. The number of nitrogens with one attached hydrogen (secondary N) is 2. The molecule has 2 aromatic rings. The highest BCUT2D eigenvalue weighted by Gasteiger charge is 2.35. The van der Waals surface area contributed by atoms with Crippen LogP contribution in [0.5, 0.6) is 0 Å². The Balaban J connectivity index is 1.71. The number of nitrogens with zero attached hydrogens (tertiary/aromatic N) is 4. The average molecular weight is 342 g/mol. The Hall–Kier alpha value is -2.72. The van der Waals surface area contributed by atoms with Crippen LogP contribution in [0.1, 0.15) is 29.9 Å². The number of carbonyl (C=O) groups excluding carboxylic acids is 1. The number of anilines is 1. The Labute approximate surface area is 133 Å². The molecule has 0 spiro atoms. The smallest absolute Gasteiger partial charge is 0.292 e. The van der Waals surface area contributed by atoms with Gasteiger partial charge in [0.15, 0.2) is 0 Å². The lowest BCUT2D eigenvalue weighted by molar-refractivity contribution is -0.144. The maximum Gasteiger partial charge on any atom is 0.451 e. The van der Waals surface area contributed by atoms with Crippen molar-refractivity contribution in [1.29, 1.82) is 0 Å². The molecule has 0 bridgehead atoms. The Morgan fingerprint density at radius 1 is 1.33 bits per heavy atom. The van der Waals surface area contributed by atoms with Gasteiger partial charge in [0.2, 0.25) is 17.7 Å². The van der Waals surface area contributed by atoms with E-state index in [1.54, 1.807) is 5.10 Å². The van der Waals surface area contributed by atoms with Crippen molar-refractivity contribution in [3.63, 3.8) is 0 Å². The number of rotatable bonds is 3. The molecule has 0 fully saturated rings. The van der Waals surface area contributed by atoms with E-state index < -0.39 is 36.0 Å². The molecule has 24 heavy (non-hydrogen) atoms. The van der Waals surface area contributed by atoms with Crippen molar-refractivity contribution in [2.45, 2.75) is 38.4 Å². The molecule has 128 valence electrons. The molecule has 0 saturated heterocycles. The van der Waals surface area contributed by atoms with Crippen LogP contribution in [0.2, 0.25) is 0 Å². The highest BCUT2D eigenvalue weighted by atomic mass is 19.4. The molecule has 1 aliphatic carbocycles. The van der Waals surface area contributed by atoms with Crippen LogP contribution >= 0.6 is 0 Å². The monoisotopic (exact) mass is 342 g/mol. The van der Waals surface area contributed by atoms with Crippen LogP contribution in [0.15, 0.2) is 10.9 Å². The molecule has 8 nitrogen and oxygen atoms in total. The highest BCUT2D eigenvalue weighted by molar-refractivity contribution is 5.88. The van der Waals surface area contributed by atoms with Crippen LogP contribution in [-0.2, 0) is 30.4 Å². The topological polar surface area (TPSA) is 106 Å². The summed E-state index contributed by atoms with van der Waals surface area (Å²) < 4.78 is 38.2. The zero-order valence-corrected chi connectivity index (χ0v) is 12.4. The van der Waals surface area contributed by atoms with Crippen molar-refractivity contribution < 1.29 is 18.0 Å². The van der Waals surface area contributed by atoms with Gasteiger partial charge in [-0.25, -0.2) is 4.68 Å². The van der Waals surface area contributed by atoms with Gasteiger partial charge in [-0.2, -0.15) is 23.3 Å². The lowest BCUT2D eigenvalue weighted by Gasteiger charge is -2.15. The molecular formula is C13H13F3N6O2. The number of aromatic amines is 1. The van der Waals surface area contributed by atoms with Gasteiger partial charge >= 0.3 is 6.18 Å². The van der Waals surface area contributed by atoms with Crippen LogP contribution < -0.4 is 10.9 Å². The van der Waals surface area contributed by atoms with E-state index in [4.69, 9.17) is 0 Å². The molecule has 1 amide bonds. The third-order valence-corrected chi connectivity index (χ3v) is 3.57. The molecule has 2 heterocycles. The summed E-state index contributed by atoms with van der Waals surface area (Å²) >= 11 is 0. The van der Waals surface area contributed by atoms with E-state index in [1.165, 1.54) is 6.07 Å². The van der Waals surface area contributed by atoms with Gasteiger partial charge in [0.25, 0.3) is 5.56 Å². The van der Waals surface area contributed by atoms with Crippen LogP contribution in [0.25, 0.3) is 0 Å². The standard InChI is InChI=1S/C13H13F3N6O2/c14-13(15,16)11-18-12(20-19-11)17-9(23)6-22-10(24)5-7-3-1-2-4-8(7)21-22/h5H,1-4,6H2,(H2,17,18,19,20,23). The van der Waals surface area contributed by atoms with Gasteiger partial charge in [-0.15, -0.1) is 5.10 Å². The summed E-state index contributed by atoms with van der Waals surface area (Å²) in [6.07, 6.45) is -1.23. The Bertz CT molecular complexity index is 826. The van der Waals surface area contributed by atoms with Gasteiger partial charge in [0.05, 0.1) is 5.69 Å². The summed E-state index contributed by atoms with van der Waals surface area (Å²) in [5.74, 6) is -2.58. The largest absolute Gasteiger partial charge is 0.451 e. The van der Waals surface area contributed by atoms with Crippen molar-refractivity contribution in [1.82, 2.24) is 25.0 Å². The molecular weight excluding hydrogens is 329 g/mol. The number of H-pyrrole nitrogens is 1. The number of alkyl halides is 3. The molecule has 3 rings (SSSR count). The third-order valence-electron chi connectivity index (χ3n) is 3.57. The number of amides is 1. The number of halogens is 3. The van der Waals surface area contributed by atoms with Crippen molar-refractivity contribution in [3.05, 3.63) is 33.5 Å².